The summed E-state index contributed by atoms with van der Waals surface area (Å²) in [6.45, 7) is 5.98. The molecule has 5 heteroatoms. The highest BCUT2D eigenvalue weighted by Gasteiger charge is 2.14. The van der Waals surface area contributed by atoms with Crippen LogP contribution >= 0.6 is 22.6 Å². The number of hydrogen-bond donors (Lipinski definition) is 1. The average Bonchev–Trinajstić information content (AvgIpc) is 2.45. The average molecular weight is 373 g/mol. The molecule has 0 saturated carbocycles. The molecule has 1 N–H and O–H groups in total. The Balaban J connectivity index is 1.85. The monoisotopic (exact) mass is 373 g/mol. The number of likely N-dealkylation sites (N-methyl/N-ethyl adjacent to an activating group) is 1. The minimum atomic E-state index is 0.105. The van der Waals surface area contributed by atoms with E-state index < -0.39 is 0 Å². The zero-order valence-corrected chi connectivity index (χ0v) is 13.4. The van der Waals surface area contributed by atoms with Crippen LogP contribution in [0.5, 0.6) is 0 Å². The first-order chi connectivity index (χ1) is 9.16. The first-order valence-electron chi connectivity index (χ1n) is 6.61. The molecule has 1 aromatic carbocycles. The van der Waals surface area contributed by atoms with Gasteiger partial charge in [0.25, 0.3) is 5.91 Å². The van der Waals surface area contributed by atoms with Crippen molar-refractivity contribution >= 4 is 28.5 Å². The highest BCUT2D eigenvalue weighted by molar-refractivity contribution is 14.1. The first kappa shape index (κ1) is 14.7. The smallest absolute Gasteiger partial charge is 0.253 e. The van der Waals surface area contributed by atoms with Gasteiger partial charge in [-0.25, -0.2) is 0 Å². The number of piperazine rings is 1. The van der Waals surface area contributed by atoms with Crippen molar-refractivity contribution in [3.8, 4) is 0 Å². The lowest BCUT2D eigenvalue weighted by molar-refractivity contribution is 0.0775. The molecule has 1 aliphatic heterocycles. The molecule has 1 fully saturated rings. The van der Waals surface area contributed by atoms with E-state index in [1.165, 1.54) is 0 Å². The summed E-state index contributed by atoms with van der Waals surface area (Å²) < 4.78 is 1.10. The Morgan fingerprint density at radius 2 is 2.16 bits per heavy atom. The molecule has 0 unspecified atom stereocenters. The number of rotatable bonds is 4. The molecule has 104 valence electrons. The van der Waals surface area contributed by atoms with E-state index in [1.54, 1.807) is 0 Å². The fourth-order valence-electron chi connectivity index (χ4n) is 2.17. The molecular weight excluding hydrogens is 353 g/mol. The third-order valence-corrected chi connectivity index (χ3v) is 4.05. The lowest BCUT2D eigenvalue weighted by Gasteiger charge is -2.29. The van der Waals surface area contributed by atoms with Crippen LogP contribution in [0.1, 0.15) is 10.4 Å². The van der Waals surface area contributed by atoms with Gasteiger partial charge < -0.3 is 10.2 Å². The Labute approximate surface area is 128 Å². The lowest BCUT2D eigenvalue weighted by Crippen LogP contribution is -2.46. The van der Waals surface area contributed by atoms with Gasteiger partial charge in [0, 0.05) is 55.4 Å². The van der Waals surface area contributed by atoms with Crippen molar-refractivity contribution < 1.29 is 4.79 Å². The van der Waals surface area contributed by atoms with Gasteiger partial charge in [0.2, 0.25) is 0 Å². The van der Waals surface area contributed by atoms with E-state index in [-0.39, 0.29) is 5.91 Å². The van der Waals surface area contributed by atoms with Crippen LogP contribution < -0.4 is 5.32 Å². The zero-order valence-electron chi connectivity index (χ0n) is 11.2. The molecule has 1 amide bonds. The molecule has 0 radical (unpaired) electrons. The third-order valence-electron chi connectivity index (χ3n) is 3.38. The Bertz CT molecular complexity index is 432. The molecule has 0 bridgehead atoms. The van der Waals surface area contributed by atoms with Gasteiger partial charge in [-0.15, -0.1) is 0 Å². The van der Waals surface area contributed by atoms with E-state index in [1.807, 2.05) is 36.2 Å². The van der Waals surface area contributed by atoms with Crippen LogP contribution in [-0.2, 0) is 0 Å². The maximum atomic E-state index is 12.3. The van der Waals surface area contributed by atoms with Crippen molar-refractivity contribution in [2.24, 2.45) is 0 Å². The van der Waals surface area contributed by atoms with Crippen LogP contribution in [0.4, 0.5) is 0 Å². The fraction of sp³-hybridized carbons (Fsp3) is 0.500. The van der Waals surface area contributed by atoms with E-state index in [4.69, 9.17) is 0 Å². The normalized spacial score (nSPS) is 16.3. The number of carbonyl (C=O) groups excluding carboxylic acids is 1. The Morgan fingerprint density at radius 1 is 1.42 bits per heavy atom. The highest BCUT2D eigenvalue weighted by Crippen LogP contribution is 2.09. The van der Waals surface area contributed by atoms with Crippen LogP contribution in [0, 0.1) is 3.57 Å². The summed E-state index contributed by atoms with van der Waals surface area (Å²) in [5.41, 5.74) is 0.773. The largest absolute Gasteiger partial charge is 0.340 e. The molecule has 1 saturated heterocycles. The molecule has 1 aromatic rings. The third kappa shape index (κ3) is 4.43. The maximum Gasteiger partial charge on any atom is 0.253 e. The van der Waals surface area contributed by atoms with Gasteiger partial charge in [0.05, 0.1) is 0 Å². The minimum absolute atomic E-state index is 0.105. The molecular formula is C14H20IN3O. The van der Waals surface area contributed by atoms with E-state index >= 15 is 0 Å². The van der Waals surface area contributed by atoms with Crippen LogP contribution in [0.2, 0.25) is 0 Å². The van der Waals surface area contributed by atoms with Crippen molar-refractivity contribution in [3.05, 3.63) is 33.4 Å². The standard InChI is InChI=1S/C14H20IN3O/c1-17(9-10-18-7-5-16-6-8-18)14(19)12-3-2-4-13(15)11-12/h2-4,11,16H,5-10H2,1H3. The highest BCUT2D eigenvalue weighted by atomic mass is 127. The van der Waals surface area contributed by atoms with Crippen LogP contribution in [0.25, 0.3) is 0 Å². The van der Waals surface area contributed by atoms with Gasteiger partial charge in [0.1, 0.15) is 0 Å². The van der Waals surface area contributed by atoms with Gasteiger partial charge in [-0.05, 0) is 40.8 Å². The second-order valence-electron chi connectivity index (χ2n) is 4.83. The minimum Gasteiger partial charge on any atom is -0.340 e. The van der Waals surface area contributed by atoms with Gasteiger partial charge in [-0.1, -0.05) is 6.07 Å². The molecule has 1 aliphatic rings. The van der Waals surface area contributed by atoms with Crippen molar-refractivity contribution in [1.82, 2.24) is 15.1 Å². The first-order valence-corrected chi connectivity index (χ1v) is 7.69. The maximum absolute atomic E-state index is 12.3. The summed E-state index contributed by atoms with van der Waals surface area (Å²) in [5.74, 6) is 0.105. The van der Waals surface area contributed by atoms with Gasteiger partial charge in [-0.2, -0.15) is 0 Å². The molecule has 0 atom stereocenters. The summed E-state index contributed by atoms with van der Waals surface area (Å²) in [5, 5.41) is 3.33. The predicted molar refractivity (Wildman–Crippen MR) is 85.4 cm³/mol. The Kier molecular flexibility index (Phi) is 5.59. The van der Waals surface area contributed by atoms with Gasteiger partial charge in [0.15, 0.2) is 0 Å². The van der Waals surface area contributed by atoms with Crippen molar-refractivity contribution in [2.45, 2.75) is 0 Å². The van der Waals surface area contributed by atoms with E-state index in [9.17, 15) is 4.79 Å². The van der Waals surface area contributed by atoms with E-state index in [0.717, 1.165) is 48.4 Å². The number of benzene rings is 1. The molecule has 0 aromatic heterocycles. The number of amides is 1. The van der Waals surface area contributed by atoms with Gasteiger partial charge >= 0.3 is 0 Å². The van der Waals surface area contributed by atoms with Crippen LogP contribution in [-0.4, -0.2) is 62.0 Å². The topological polar surface area (TPSA) is 35.6 Å². The predicted octanol–water partition coefficient (Wildman–Crippen LogP) is 1.27. The number of carbonyl (C=O) groups is 1. The molecule has 4 nitrogen and oxygen atoms in total. The fourth-order valence-corrected chi connectivity index (χ4v) is 2.71. The summed E-state index contributed by atoms with van der Waals surface area (Å²) in [7, 11) is 1.88. The van der Waals surface area contributed by atoms with E-state index in [0.29, 0.717) is 0 Å². The van der Waals surface area contributed by atoms with Crippen molar-refractivity contribution in [3.63, 3.8) is 0 Å². The second kappa shape index (κ2) is 7.21. The summed E-state index contributed by atoms with van der Waals surface area (Å²) in [6.07, 6.45) is 0. The summed E-state index contributed by atoms with van der Waals surface area (Å²) in [6, 6.07) is 7.74. The Morgan fingerprint density at radius 3 is 2.84 bits per heavy atom. The number of nitrogens with zero attached hydrogens (tertiary/aromatic N) is 2. The molecule has 0 aliphatic carbocycles. The molecule has 19 heavy (non-hydrogen) atoms. The molecule has 2 rings (SSSR count). The Hall–Kier alpha value is -0.660. The molecule has 0 spiro atoms. The second-order valence-corrected chi connectivity index (χ2v) is 6.07. The lowest BCUT2D eigenvalue weighted by atomic mass is 10.2. The van der Waals surface area contributed by atoms with Crippen molar-refractivity contribution in [1.29, 1.82) is 0 Å². The van der Waals surface area contributed by atoms with Crippen LogP contribution in [0.3, 0.4) is 0 Å². The zero-order chi connectivity index (χ0) is 13.7. The molecule has 1 heterocycles. The quantitative estimate of drug-likeness (QED) is 0.808. The van der Waals surface area contributed by atoms with E-state index in [2.05, 4.69) is 32.8 Å². The number of nitrogens with one attached hydrogen (secondary N) is 1. The van der Waals surface area contributed by atoms with Crippen LogP contribution in [0.15, 0.2) is 24.3 Å². The number of hydrogen-bond acceptors (Lipinski definition) is 3. The summed E-state index contributed by atoms with van der Waals surface area (Å²) >= 11 is 2.23. The number of halogens is 1. The SMILES string of the molecule is CN(CCN1CCNCC1)C(=O)c1cccc(I)c1. The summed E-state index contributed by atoms with van der Waals surface area (Å²) in [4.78, 5) is 16.5. The van der Waals surface area contributed by atoms with Gasteiger partial charge in [-0.3, -0.25) is 9.69 Å². The van der Waals surface area contributed by atoms with Crippen molar-refractivity contribution in [2.75, 3.05) is 46.3 Å².